The molecule has 0 amide bonds. The Bertz CT molecular complexity index is 769. The number of hydrogen-bond donors (Lipinski definition) is 0. The van der Waals surface area contributed by atoms with Crippen LogP contribution in [0.5, 0.6) is 5.75 Å². The molecule has 1 aliphatic heterocycles. The molecule has 1 heterocycles. The van der Waals surface area contributed by atoms with Crippen molar-refractivity contribution in [3.05, 3.63) is 65.2 Å². The van der Waals surface area contributed by atoms with E-state index < -0.39 is 0 Å². The van der Waals surface area contributed by atoms with Crippen molar-refractivity contribution in [2.75, 3.05) is 20.3 Å². The summed E-state index contributed by atoms with van der Waals surface area (Å²) in [6.45, 7) is 3.68. The third-order valence-electron chi connectivity index (χ3n) is 3.63. The van der Waals surface area contributed by atoms with Crippen LogP contribution in [0.25, 0.3) is 0 Å². The SMILES string of the molecule is CON=C(C1=NCCO1)c1ccccc1COc1cccc(C)c1. The second-order valence-corrected chi connectivity index (χ2v) is 5.42. The molecule has 0 fully saturated rings. The summed E-state index contributed by atoms with van der Waals surface area (Å²) in [7, 11) is 1.52. The van der Waals surface area contributed by atoms with Crippen molar-refractivity contribution in [2.45, 2.75) is 13.5 Å². The molecule has 5 nitrogen and oxygen atoms in total. The van der Waals surface area contributed by atoms with Gasteiger partial charge in [-0.3, -0.25) is 0 Å². The highest BCUT2D eigenvalue weighted by Crippen LogP contribution is 2.18. The number of aryl methyl sites for hydroxylation is 1. The van der Waals surface area contributed by atoms with Crippen molar-refractivity contribution in [1.82, 2.24) is 0 Å². The van der Waals surface area contributed by atoms with Crippen molar-refractivity contribution >= 4 is 11.6 Å². The monoisotopic (exact) mass is 324 g/mol. The summed E-state index contributed by atoms with van der Waals surface area (Å²) in [6.07, 6.45) is 0. The van der Waals surface area contributed by atoms with Crippen LogP contribution in [0.2, 0.25) is 0 Å². The average molecular weight is 324 g/mol. The van der Waals surface area contributed by atoms with Gasteiger partial charge in [-0.1, -0.05) is 41.6 Å². The number of ether oxygens (including phenoxy) is 2. The average Bonchev–Trinajstić information content (AvgIpc) is 3.13. The number of aliphatic imine (C=N–C) groups is 1. The van der Waals surface area contributed by atoms with Crippen molar-refractivity contribution in [3.63, 3.8) is 0 Å². The lowest BCUT2D eigenvalue weighted by molar-refractivity contribution is 0.213. The topological polar surface area (TPSA) is 52.4 Å². The molecule has 2 aromatic carbocycles. The first kappa shape index (κ1) is 16.1. The fourth-order valence-electron chi connectivity index (χ4n) is 2.52. The second kappa shape index (κ2) is 7.64. The van der Waals surface area contributed by atoms with E-state index in [1.807, 2.05) is 55.5 Å². The van der Waals surface area contributed by atoms with Gasteiger partial charge in [0.2, 0.25) is 5.90 Å². The zero-order valence-electron chi connectivity index (χ0n) is 13.9. The van der Waals surface area contributed by atoms with Crippen LogP contribution >= 0.6 is 0 Å². The van der Waals surface area contributed by atoms with E-state index in [1.165, 1.54) is 7.11 Å². The molecular formula is C19H20N2O3. The van der Waals surface area contributed by atoms with Gasteiger partial charge < -0.3 is 14.3 Å². The summed E-state index contributed by atoms with van der Waals surface area (Å²) in [6, 6.07) is 15.9. The molecule has 0 bridgehead atoms. The minimum Gasteiger partial charge on any atom is -0.489 e. The first-order chi connectivity index (χ1) is 11.8. The van der Waals surface area contributed by atoms with Gasteiger partial charge in [-0.2, -0.15) is 0 Å². The third-order valence-corrected chi connectivity index (χ3v) is 3.63. The fourth-order valence-corrected chi connectivity index (χ4v) is 2.52. The van der Waals surface area contributed by atoms with Crippen LogP contribution in [-0.2, 0) is 16.2 Å². The largest absolute Gasteiger partial charge is 0.489 e. The molecule has 0 atom stereocenters. The van der Waals surface area contributed by atoms with Gasteiger partial charge in [-0.25, -0.2) is 4.99 Å². The molecule has 0 radical (unpaired) electrons. The Hall–Kier alpha value is -2.82. The van der Waals surface area contributed by atoms with Crippen LogP contribution in [0.3, 0.4) is 0 Å². The van der Waals surface area contributed by atoms with E-state index >= 15 is 0 Å². The maximum absolute atomic E-state index is 5.93. The molecule has 0 saturated carbocycles. The molecule has 5 heteroatoms. The van der Waals surface area contributed by atoms with E-state index in [4.69, 9.17) is 14.3 Å². The molecule has 0 unspecified atom stereocenters. The van der Waals surface area contributed by atoms with Gasteiger partial charge in [0, 0.05) is 5.56 Å². The van der Waals surface area contributed by atoms with Crippen molar-refractivity contribution < 1.29 is 14.3 Å². The van der Waals surface area contributed by atoms with Crippen LogP contribution < -0.4 is 4.74 Å². The Balaban J connectivity index is 1.85. The molecule has 0 N–H and O–H groups in total. The number of rotatable bonds is 6. The molecule has 3 rings (SSSR count). The number of benzene rings is 2. The Labute approximate surface area is 141 Å². The first-order valence-electron chi connectivity index (χ1n) is 7.84. The van der Waals surface area contributed by atoms with Gasteiger partial charge in [0.1, 0.15) is 26.1 Å². The predicted octanol–water partition coefficient (Wildman–Crippen LogP) is 3.35. The quantitative estimate of drug-likeness (QED) is 0.605. The molecule has 0 aliphatic carbocycles. The summed E-state index contributed by atoms with van der Waals surface area (Å²) in [4.78, 5) is 9.34. The molecule has 124 valence electrons. The second-order valence-electron chi connectivity index (χ2n) is 5.42. The lowest BCUT2D eigenvalue weighted by Crippen LogP contribution is -2.19. The van der Waals surface area contributed by atoms with Gasteiger partial charge in [0.15, 0.2) is 5.71 Å². The standard InChI is InChI=1S/C19H20N2O3/c1-14-6-5-8-16(12-14)24-13-15-7-3-4-9-17(15)18(21-22-2)19-20-10-11-23-19/h3-9,12H,10-11,13H2,1-2H3. The van der Waals surface area contributed by atoms with Gasteiger partial charge >= 0.3 is 0 Å². The zero-order chi connectivity index (χ0) is 16.8. The summed E-state index contributed by atoms with van der Waals surface area (Å²) >= 11 is 0. The Morgan fingerprint density at radius 1 is 1.21 bits per heavy atom. The highest BCUT2D eigenvalue weighted by atomic mass is 16.6. The van der Waals surface area contributed by atoms with Crippen LogP contribution in [0.4, 0.5) is 0 Å². The Morgan fingerprint density at radius 2 is 2.08 bits per heavy atom. The van der Waals surface area contributed by atoms with Crippen LogP contribution in [0.1, 0.15) is 16.7 Å². The number of nitrogens with zero attached hydrogens (tertiary/aromatic N) is 2. The number of hydrogen-bond acceptors (Lipinski definition) is 5. The lowest BCUT2D eigenvalue weighted by atomic mass is 10.0. The first-order valence-corrected chi connectivity index (χ1v) is 7.84. The lowest BCUT2D eigenvalue weighted by Gasteiger charge is -2.13. The predicted molar refractivity (Wildman–Crippen MR) is 93.8 cm³/mol. The van der Waals surface area contributed by atoms with Gasteiger partial charge in [-0.05, 0) is 30.2 Å². The molecular weight excluding hydrogens is 304 g/mol. The summed E-state index contributed by atoms with van der Waals surface area (Å²) in [5.74, 6) is 1.35. The van der Waals surface area contributed by atoms with Crippen LogP contribution in [0.15, 0.2) is 58.7 Å². The maximum Gasteiger partial charge on any atom is 0.239 e. The molecule has 24 heavy (non-hydrogen) atoms. The van der Waals surface area contributed by atoms with E-state index in [0.717, 1.165) is 22.4 Å². The maximum atomic E-state index is 5.93. The minimum absolute atomic E-state index is 0.426. The highest BCUT2D eigenvalue weighted by molar-refractivity contribution is 6.45. The van der Waals surface area contributed by atoms with Gasteiger partial charge in [0.25, 0.3) is 0 Å². The van der Waals surface area contributed by atoms with Gasteiger partial charge in [-0.15, -0.1) is 0 Å². The van der Waals surface area contributed by atoms with E-state index in [0.29, 0.717) is 31.4 Å². The molecule has 2 aromatic rings. The van der Waals surface area contributed by atoms with Gasteiger partial charge in [0.05, 0.1) is 6.54 Å². The summed E-state index contributed by atoms with van der Waals surface area (Å²) in [5.41, 5.74) is 3.65. The molecule has 0 saturated heterocycles. The molecule has 1 aliphatic rings. The number of oxime groups is 1. The van der Waals surface area contributed by atoms with E-state index in [9.17, 15) is 0 Å². The summed E-state index contributed by atoms with van der Waals surface area (Å²) in [5, 5.41) is 4.11. The summed E-state index contributed by atoms with van der Waals surface area (Å²) < 4.78 is 11.5. The zero-order valence-corrected chi connectivity index (χ0v) is 13.9. The smallest absolute Gasteiger partial charge is 0.239 e. The molecule has 0 spiro atoms. The van der Waals surface area contributed by atoms with Crippen LogP contribution in [-0.4, -0.2) is 31.9 Å². The van der Waals surface area contributed by atoms with Crippen molar-refractivity contribution in [1.29, 1.82) is 0 Å². The van der Waals surface area contributed by atoms with Crippen molar-refractivity contribution in [3.8, 4) is 5.75 Å². The third kappa shape index (κ3) is 3.74. The van der Waals surface area contributed by atoms with Crippen molar-refractivity contribution in [2.24, 2.45) is 10.1 Å². The minimum atomic E-state index is 0.426. The van der Waals surface area contributed by atoms with E-state index in [1.54, 1.807) is 0 Å². The van der Waals surface area contributed by atoms with E-state index in [-0.39, 0.29) is 0 Å². The fraction of sp³-hybridized carbons (Fsp3) is 0.263. The highest BCUT2D eigenvalue weighted by Gasteiger charge is 2.21. The Kier molecular flexibility index (Phi) is 5.11. The van der Waals surface area contributed by atoms with Crippen LogP contribution in [0, 0.1) is 6.92 Å². The molecule has 0 aromatic heterocycles. The van der Waals surface area contributed by atoms with E-state index in [2.05, 4.69) is 10.1 Å². The normalized spacial score (nSPS) is 14.1. The Morgan fingerprint density at radius 3 is 2.83 bits per heavy atom.